The highest BCUT2D eigenvalue weighted by Gasteiger charge is 2.24. The van der Waals surface area contributed by atoms with E-state index in [0.29, 0.717) is 45.6 Å². The van der Waals surface area contributed by atoms with Crippen molar-refractivity contribution in [3.63, 3.8) is 0 Å². The summed E-state index contributed by atoms with van der Waals surface area (Å²) >= 11 is 0. The molecule has 1 heterocycles. The van der Waals surface area contributed by atoms with E-state index in [0.717, 1.165) is 11.3 Å². The first-order valence-corrected chi connectivity index (χ1v) is 8.60. The van der Waals surface area contributed by atoms with Crippen LogP contribution in [-0.2, 0) is 9.53 Å². The molecule has 0 saturated carbocycles. The highest BCUT2D eigenvalue weighted by molar-refractivity contribution is 5.76. The zero-order valence-electron chi connectivity index (χ0n) is 14.8. The molecule has 0 aliphatic carbocycles. The number of piperazine rings is 1. The van der Waals surface area contributed by atoms with Crippen LogP contribution in [0.2, 0.25) is 0 Å². The van der Waals surface area contributed by atoms with Crippen LogP contribution in [0.25, 0.3) is 0 Å². The van der Waals surface area contributed by atoms with E-state index in [9.17, 15) is 9.59 Å². The molecule has 1 aliphatic rings. The molecular formula is C19H26N2O4. The van der Waals surface area contributed by atoms with Gasteiger partial charge in [0.1, 0.15) is 12.4 Å². The highest BCUT2D eigenvalue weighted by atomic mass is 16.6. The molecule has 0 atom stereocenters. The number of rotatable bonds is 7. The fourth-order valence-electron chi connectivity index (χ4n) is 2.64. The molecule has 0 unspecified atom stereocenters. The lowest BCUT2D eigenvalue weighted by molar-refractivity contribution is -0.133. The van der Waals surface area contributed by atoms with Crippen LogP contribution < -0.4 is 4.74 Å². The molecule has 136 valence electrons. The maximum absolute atomic E-state index is 12.2. The smallest absolute Gasteiger partial charge is 0.410 e. The van der Waals surface area contributed by atoms with Crippen molar-refractivity contribution in [3.8, 4) is 5.75 Å². The molecule has 6 heteroatoms. The molecule has 1 aromatic carbocycles. The van der Waals surface area contributed by atoms with Crippen LogP contribution in [0, 0.1) is 6.92 Å². The van der Waals surface area contributed by atoms with E-state index in [1.54, 1.807) is 9.80 Å². The van der Waals surface area contributed by atoms with Crippen molar-refractivity contribution in [2.24, 2.45) is 0 Å². The van der Waals surface area contributed by atoms with Crippen molar-refractivity contribution >= 4 is 12.0 Å². The number of carbonyl (C=O) groups is 2. The zero-order valence-corrected chi connectivity index (χ0v) is 14.8. The van der Waals surface area contributed by atoms with Crippen molar-refractivity contribution in [1.82, 2.24) is 9.80 Å². The van der Waals surface area contributed by atoms with Gasteiger partial charge in [-0.3, -0.25) is 4.79 Å². The minimum absolute atomic E-state index is 0.104. The van der Waals surface area contributed by atoms with Gasteiger partial charge in [-0.25, -0.2) is 4.79 Å². The third-order valence-electron chi connectivity index (χ3n) is 4.10. The summed E-state index contributed by atoms with van der Waals surface area (Å²) in [5.74, 6) is 0.967. The molecule has 2 rings (SSSR count). The van der Waals surface area contributed by atoms with Gasteiger partial charge in [0.15, 0.2) is 0 Å². The Kier molecular flexibility index (Phi) is 7.32. The number of amides is 2. The Hall–Kier alpha value is -2.50. The lowest BCUT2D eigenvalue weighted by atomic mass is 10.2. The highest BCUT2D eigenvalue weighted by Crippen LogP contribution is 2.16. The molecular weight excluding hydrogens is 320 g/mol. The molecule has 0 spiro atoms. The summed E-state index contributed by atoms with van der Waals surface area (Å²) in [6.07, 6.45) is 2.32. The van der Waals surface area contributed by atoms with Crippen LogP contribution in [0.5, 0.6) is 5.75 Å². The number of hydrogen-bond acceptors (Lipinski definition) is 4. The molecule has 1 aliphatic heterocycles. The predicted molar refractivity (Wildman–Crippen MR) is 95.6 cm³/mol. The van der Waals surface area contributed by atoms with Gasteiger partial charge < -0.3 is 19.3 Å². The second kappa shape index (κ2) is 9.71. The first kappa shape index (κ1) is 18.8. The van der Waals surface area contributed by atoms with Crippen molar-refractivity contribution in [2.45, 2.75) is 19.8 Å². The minimum atomic E-state index is -0.348. The zero-order chi connectivity index (χ0) is 18.1. The molecule has 0 N–H and O–H groups in total. The Morgan fingerprint density at radius 2 is 1.84 bits per heavy atom. The van der Waals surface area contributed by atoms with Gasteiger partial charge in [0, 0.05) is 32.6 Å². The monoisotopic (exact) mass is 346 g/mol. The molecule has 1 saturated heterocycles. The number of nitrogens with zero attached hydrogens (tertiary/aromatic N) is 2. The molecule has 6 nitrogen and oxygen atoms in total. The Bertz CT molecular complexity index is 595. The molecule has 0 aromatic heterocycles. The quantitative estimate of drug-likeness (QED) is 0.562. The fraction of sp³-hybridized carbons (Fsp3) is 0.474. The number of carbonyl (C=O) groups excluding carboxylic acids is 2. The van der Waals surface area contributed by atoms with Crippen LogP contribution in [0.1, 0.15) is 18.4 Å². The van der Waals surface area contributed by atoms with E-state index in [1.807, 2.05) is 31.2 Å². The average Bonchev–Trinajstić information content (AvgIpc) is 2.64. The Morgan fingerprint density at radius 1 is 1.16 bits per heavy atom. The third kappa shape index (κ3) is 5.81. The number of aryl methyl sites for hydroxylation is 1. The number of para-hydroxylation sites is 1. The van der Waals surface area contributed by atoms with Gasteiger partial charge in [-0.2, -0.15) is 0 Å². The van der Waals surface area contributed by atoms with E-state index < -0.39 is 0 Å². The summed E-state index contributed by atoms with van der Waals surface area (Å²) in [5, 5.41) is 0. The number of hydrogen-bond donors (Lipinski definition) is 0. The third-order valence-corrected chi connectivity index (χ3v) is 4.10. The van der Waals surface area contributed by atoms with Crippen molar-refractivity contribution in [2.75, 3.05) is 39.4 Å². The van der Waals surface area contributed by atoms with E-state index in [1.165, 1.54) is 6.08 Å². The molecule has 25 heavy (non-hydrogen) atoms. The molecule has 0 bridgehead atoms. The van der Waals surface area contributed by atoms with Crippen LogP contribution >= 0.6 is 0 Å². The van der Waals surface area contributed by atoms with Crippen molar-refractivity contribution < 1.29 is 19.1 Å². The molecule has 1 aromatic rings. The topological polar surface area (TPSA) is 59.1 Å². The van der Waals surface area contributed by atoms with Gasteiger partial charge in [-0.1, -0.05) is 30.9 Å². The number of ether oxygens (including phenoxy) is 2. The van der Waals surface area contributed by atoms with Crippen molar-refractivity contribution in [1.29, 1.82) is 0 Å². The molecule has 0 radical (unpaired) electrons. The largest absolute Gasteiger partial charge is 0.493 e. The Labute approximate surface area is 149 Å². The lowest BCUT2D eigenvalue weighted by Gasteiger charge is -2.34. The van der Waals surface area contributed by atoms with Crippen LogP contribution in [0.4, 0.5) is 4.79 Å². The Balaban J connectivity index is 1.64. The lowest BCUT2D eigenvalue weighted by Crippen LogP contribution is -2.50. The fourth-order valence-corrected chi connectivity index (χ4v) is 2.64. The minimum Gasteiger partial charge on any atom is -0.493 e. The predicted octanol–water partition coefficient (Wildman–Crippen LogP) is 2.62. The summed E-state index contributed by atoms with van der Waals surface area (Å²) in [5.41, 5.74) is 1.09. The SMILES string of the molecule is C=CCOC(=O)N1CCN(C(=O)CCCOc2ccccc2C)CC1. The first-order chi connectivity index (χ1) is 12.1. The summed E-state index contributed by atoms with van der Waals surface area (Å²) in [6, 6.07) is 7.84. The standard InChI is InChI=1S/C19H26N2O4/c1-3-14-25-19(23)21-12-10-20(11-13-21)18(22)9-6-15-24-17-8-5-4-7-16(17)2/h3-5,7-8H,1,6,9-15H2,2H3. The van der Waals surface area contributed by atoms with Crippen LogP contribution in [0.15, 0.2) is 36.9 Å². The van der Waals surface area contributed by atoms with E-state index in [4.69, 9.17) is 9.47 Å². The normalized spacial score (nSPS) is 14.1. The van der Waals surface area contributed by atoms with Crippen LogP contribution in [0.3, 0.4) is 0 Å². The van der Waals surface area contributed by atoms with E-state index in [-0.39, 0.29) is 18.6 Å². The maximum atomic E-state index is 12.2. The van der Waals surface area contributed by atoms with Gasteiger partial charge >= 0.3 is 6.09 Å². The van der Waals surface area contributed by atoms with Gasteiger partial charge in [-0.15, -0.1) is 0 Å². The van der Waals surface area contributed by atoms with E-state index in [2.05, 4.69) is 6.58 Å². The first-order valence-electron chi connectivity index (χ1n) is 8.60. The van der Waals surface area contributed by atoms with E-state index >= 15 is 0 Å². The van der Waals surface area contributed by atoms with Gasteiger partial charge in [-0.05, 0) is 25.0 Å². The van der Waals surface area contributed by atoms with Gasteiger partial charge in [0.05, 0.1) is 6.61 Å². The average molecular weight is 346 g/mol. The second-order valence-corrected chi connectivity index (χ2v) is 5.95. The summed E-state index contributed by atoms with van der Waals surface area (Å²) < 4.78 is 10.7. The maximum Gasteiger partial charge on any atom is 0.410 e. The summed E-state index contributed by atoms with van der Waals surface area (Å²) in [7, 11) is 0. The summed E-state index contributed by atoms with van der Waals surface area (Å²) in [4.78, 5) is 27.4. The van der Waals surface area contributed by atoms with Gasteiger partial charge in [0.2, 0.25) is 5.91 Å². The Morgan fingerprint density at radius 3 is 2.52 bits per heavy atom. The summed E-state index contributed by atoms with van der Waals surface area (Å²) in [6.45, 7) is 8.33. The second-order valence-electron chi connectivity index (χ2n) is 5.95. The van der Waals surface area contributed by atoms with Crippen molar-refractivity contribution in [3.05, 3.63) is 42.5 Å². The van der Waals surface area contributed by atoms with Crippen LogP contribution in [-0.4, -0.2) is 61.2 Å². The van der Waals surface area contributed by atoms with Gasteiger partial charge in [0.25, 0.3) is 0 Å². The molecule has 2 amide bonds. The number of benzene rings is 1. The molecule has 1 fully saturated rings.